The topological polar surface area (TPSA) is 128 Å². The molecule has 0 unspecified atom stereocenters. The molecule has 0 spiro atoms. The van der Waals surface area contributed by atoms with Gasteiger partial charge in [-0.1, -0.05) is 11.2 Å². The van der Waals surface area contributed by atoms with Crippen LogP contribution in [0.2, 0.25) is 0 Å². The number of primary amides is 1. The molecule has 3 rings (SSSR count). The van der Waals surface area contributed by atoms with Crippen LogP contribution in [0.15, 0.2) is 28.8 Å². The molecule has 0 aliphatic heterocycles. The SMILES string of the molecule is C[C@@H](O)[C@H](NC(=O)c1cc(COc2ccc3c(c2)CCCC3)on1)C(N)=O. The number of carbonyl (C=O) groups is 2. The fourth-order valence-electron chi connectivity index (χ4n) is 3.09. The zero-order valence-corrected chi connectivity index (χ0v) is 15.1. The lowest BCUT2D eigenvalue weighted by atomic mass is 9.92. The minimum Gasteiger partial charge on any atom is -0.486 e. The molecule has 0 saturated heterocycles. The molecule has 144 valence electrons. The van der Waals surface area contributed by atoms with Crippen molar-refractivity contribution in [1.82, 2.24) is 10.5 Å². The van der Waals surface area contributed by atoms with Crippen molar-refractivity contribution in [2.75, 3.05) is 0 Å². The lowest BCUT2D eigenvalue weighted by Crippen LogP contribution is -2.50. The smallest absolute Gasteiger partial charge is 0.274 e. The molecule has 0 bridgehead atoms. The van der Waals surface area contributed by atoms with Crippen LogP contribution in [0, 0.1) is 0 Å². The van der Waals surface area contributed by atoms with Crippen LogP contribution in [0.5, 0.6) is 5.75 Å². The number of aromatic nitrogens is 1. The van der Waals surface area contributed by atoms with Gasteiger partial charge in [0, 0.05) is 6.07 Å². The van der Waals surface area contributed by atoms with Gasteiger partial charge >= 0.3 is 0 Å². The molecule has 1 aromatic carbocycles. The van der Waals surface area contributed by atoms with E-state index < -0.39 is 24.0 Å². The molecule has 8 nitrogen and oxygen atoms in total. The van der Waals surface area contributed by atoms with E-state index in [1.54, 1.807) is 0 Å². The summed E-state index contributed by atoms with van der Waals surface area (Å²) in [5, 5.41) is 15.5. The van der Waals surface area contributed by atoms with E-state index in [-0.39, 0.29) is 12.3 Å². The van der Waals surface area contributed by atoms with Gasteiger partial charge in [-0.15, -0.1) is 0 Å². The number of carbonyl (C=O) groups excluding carboxylic acids is 2. The molecule has 0 saturated carbocycles. The molecule has 0 radical (unpaired) electrons. The molecule has 1 aliphatic rings. The van der Waals surface area contributed by atoms with Gasteiger partial charge in [-0.05, 0) is 55.9 Å². The van der Waals surface area contributed by atoms with Crippen LogP contribution in [-0.4, -0.2) is 34.2 Å². The van der Waals surface area contributed by atoms with Gasteiger partial charge in [0.05, 0.1) is 6.10 Å². The zero-order valence-electron chi connectivity index (χ0n) is 15.1. The quantitative estimate of drug-likeness (QED) is 0.667. The van der Waals surface area contributed by atoms with Gasteiger partial charge in [-0.25, -0.2) is 0 Å². The monoisotopic (exact) mass is 373 g/mol. The number of hydrogen-bond donors (Lipinski definition) is 3. The van der Waals surface area contributed by atoms with E-state index in [1.807, 2.05) is 12.1 Å². The van der Waals surface area contributed by atoms with Crippen molar-refractivity contribution in [3.8, 4) is 5.75 Å². The first-order valence-corrected chi connectivity index (χ1v) is 8.92. The van der Waals surface area contributed by atoms with Crippen LogP contribution in [0.3, 0.4) is 0 Å². The Hall–Kier alpha value is -2.87. The number of aliphatic hydroxyl groups is 1. The normalized spacial score (nSPS) is 15.5. The van der Waals surface area contributed by atoms with Gasteiger partial charge in [0.25, 0.3) is 5.91 Å². The highest BCUT2D eigenvalue weighted by molar-refractivity contribution is 5.95. The first kappa shape index (κ1) is 18.9. The highest BCUT2D eigenvalue weighted by Crippen LogP contribution is 2.25. The molecular weight excluding hydrogens is 350 g/mol. The number of nitrogens with one attached hydrogen (secondary N) is 1. The second-order valence-electron chi connectivity index (χ2n) is 6.70. The number of fused-ring (bicyclic) bond motifs is 1. The maximum Gasteiger partial charge on any atom is 0.274 e. The van der Waals surface area contributed by atoms with Gasteiger partial charge in [0.2, 0.25) is 5.91 Å². The first-order valence-electron chi connectivity index (χ1n) is 8.92. The Balaban J connectivity index is 1.59. The van der Waals surface area contributed by atoms with E-state index in [1.165, 1.54) is 37.0 Å². The Morgan fingerprint density at radius 2 is 2.04 bits per heavy atom. The maximum atomic E-state index is 12.1. The van der Waals surface area contributed by atoms with Crippen LogP contribution in [0.25, 0.3) is 0 Å². The second kappa shape index (κ2) is 8.22. The number of benzene rings is 1. The zero-order chi connectivity index (χ0) is 19.4. The number of hydrogen-bond acceptors (Lipinski definition) is 6. The lowest BCUT2D eigenvalue weighted by Gasteiger charge is -2.16. The summed E-state index contributed by atoms with van der Waals surface area (Å²) in [6, 6.07) is 6.27. The summed E-state index contributed by atoms with van der Waals surface area (Å²) in [5.74, 6) is -0.396. The third-order valence-electron chi connectivity index (χ3n) is 4.57. The van der Waals surface area contributed by atoms with Crippen molar-refractivity contribution in [1.29, 1.82) is 0 Å². The van der Waals surface area contributed by atoms with Crippen molar-refractivity contribution >= 4 is 11.8 Å². The van der Waals surface area contributed by atoms with Crippen LogP contribution in [0.4, 0.5) is 0 Å². The molecular formula is C19H23N3O5. The molecule has 4 N–H and O–H groups in total. The minimum atomic E-state index is -1.20. The summed E-state index contributed by atoms with van der Waals surface area (Å²) in [5.41, 5.74) is 7.81. The van der Waals surface area contributed by atoms with E-state index in [0.717, 1.165) is 18.6 Å². The molecule has 27 heavy (non-hydrogen) atoms. The summed E-state index contributed by atoms with van der Waals surface area (Å²) in [6.07, 6.45) is 3.46. The van der Waals surface area contributed by atoms with E-state index >= 15 is 0 Å². The molecule has 0 fully saturated rings. The summed E-state index contributed by atoms with van der Waals surface area (Å²) in [4.78, 5) is 23.4. The fraction of sp³-hybridized carbons (Fsp3) is 0.421. The van der Waals surface area contributed by atoms with Crippen LogP contribution in [-0.2, 0) is 24.2 Å². The van der Waals surface area contributed by atoms with Gasteiger partial charge in [0.15, 0.2) is 11.5 Å². The third-order valence-corrected chi connectivity index (χ3v) is 4.57. The molecule has 1 heterocycles. The minimum absolute atomic E-state index is 0.0223. The Bertz CT molecular complexity index is 831. The number of amides is 2. The first-order chi connectivity index (χ1) is 12.9. The van der Waals surface area contributed by atoms with E-state index in [4.69, 9.17) is 15.0 Å². The Labute approximate surface area is 156 Å². The molecule has 2 aromatic rings. The van der Waals surface area contributed by atoms with Crippen molar-refractivity contribution in [3.63, 3.8) is 0 Å². The molecule has 1 aliphatic carbocycles. The highest BCUT2D eigenvalue weighted by atomic mass is 16.5. The maximum absolute atomic E-state index is 12.1. The number of nitrogens with zero attached hydrogens (tertiary/aromatic N) is 1. The number of aryl methyl sites for hydroxylation is 2. The van der Waals surface area contributed by atoms with E-state index in [9.17, 15) is 14.7 Å². The molecule has 2 atom stereocenters. The number of ether oxygens (including phenoxy) is 1. The number of rotatable bonds is 7. The van der Waals surface area contributed by atoms with Crippen molar-refractivity contribution in [2.45, 2.75) is 51.4 Å². The van der Waals surface area contributed by atoms with Crippen LogP contribution < -0.4 is 15.8 Å². The van der Waals surface area contributed by atoms with Gasteiger partial charge < -0.3 is 25.4 Å². The van der Waals surface area contributed by atoms with Gasteiger partial charge in [-0.3, -0.25) is 9.59 Å². The predicted octanol–water partition coefficient (Wildman–Crippen LogP) is 1.10. The average Bonchev–Trinajstić information content (AvgIpc) is 3.12. The summed E-state index contributed by atoms with van der Waals surface area (Å²) < 4.78 is 10.8. The molecule has 8 heteroatoms. The molecule has 1 aromatic heterocycles. The van der Waals surface area contributed by atoms with Crippen LogP contribution >= 0.6 is 0 Å². The molecule has 2 amide bonds. The Morgan fingerprint density at radius 3 is 2.74 bits per heavy atom. The van der Waals surface area contributed by atoms with E-state index in [2.05, 4.69) is 16.5 Å². The summed E-state index contributed by atoms with van der Waals surface area (Å²) in [6.45, 7) is 1.48. The highest BCUT2D eigenvalue weighted by Gasteiger charge is 2.25. The Kier molecular flexibility index (Phi) is 5.75. The lowest BCUT2D eigenvalue weighted by molar-refractivity contribution is -0.122. The standard InChI is InChI=1S/C19H23N3O5/c1-11(23)17(18(20)24)21-19(25)16-9-15(27-22-16)10-26-14-7-6-12-4-2-3-5-13(12)8-14/h6-9,11,17,23H,2-5,10H2,1H3,(H2,20,24)(H,21,25)/t11-,17+/m1/s1. The van der Waals surface area contributed by atoms with Crippen molar-refractivity contribution in [2.24, 2.45) is 5.73 Å². The largest absolute Gasteiger partial charge is 0.486 e. The number of aliphatic hydroxyl groups excluding tert-OH is 1. The number of nitrogens with two attached hydrogens (primary N) is 1. The predicted molar refractivity (Wildman–Crippen MR) is 96.0 cm³/mol. The van der Waals surface area contributed by atoms with E-state index in [0.29, 0.717) is 5.76 Å². The average molecular weight is 373 g/mol. The second-order valence-corrected chi connectivity index (χ2v) is 6.70. The fourth-order valence-corrected chi connectivity index (χ4v) is 3.09. The summed E-state index contributed by atoms with van der Waals surface area (Å²) >= 11 is 0. The summed E-state index contributed by atoms with van der Waals surface area (Å²) in [7, 11) is 0. The Morgan fingerprint density at radius 1 is 1.30 bits per heavy atom. The van der Waals surface area contributed by atoms with Crippen LogP contribution in [0.1, 0.15) is 47.1 Å². The van der Waals surface area contributed by atoms with Crippen molar-refractivity contribution < 1.29 is 24.0 Å². The van der Waals surface area contributed by atoms with Crippen molar-refractivity contribution in [3.05, 3.63) is 46.8 Å². The third kappa shape index (κ3) is 4.65. The van der Waals surface area contributed by atoms with Gasteiger partial charge in [0.1, 0.15) is 18.4 Å². The van der Waals surface area contributed by atoms with Gasteiger partial charge in [-0.2, -0.15) is 0 Å².